The standard InChI is InChI=1S/C17H18O4/c1-2-21-16(19)9-5-8-15(18)14-11-10-12-6-3-4-7-13(12)17(14)20/h3-4,6-7,10-11,20H,2,5,8-9H2,1H3. The van der Waals surface area contributed by atoms with E-state index in [4.69, 9.17) is 4.74 Å². The average Bonchev–Trinajstić information content (AvgIpc) is 2.48. The van der Waals surface area contributed by atoms with Crippen LogP contribution in [0.4, 0.5) is 0 Å². The molecular weight excluding hydrogens is 268 g/mol. The van der Waals surface area contributed by atoms with E-state index >= 15 is 0 Å². The fraction of sp³-hybridized carbons (Fsp3) is 0.294. The van der Waals surface area contributed by atoms with Gasteiger partial charge in [0.2, 0.25) is 0 Å². The molecule has 0 aliphatic carbocycles. The highest BCUT2D eigenvalue weighted by molar-refractivity contribution is 6.04. The van der Waals surface area contributed by atoms with Crippen LogP contribution in [0.2, 0.25) is 0 Å². The molecule has 4 heteroatoms. The van der Waals surface area contributed by atoms with Gasteiger partial charge in [-0.3, -0.25) is 9.59 Å². The summed E-state index contributed by atoms with van der Waals surface area (Å²) in [5.74, 6) is -0.454. The molecule has 0 aromatic heterocycles. The highest BCUT2D eigenvalue weighted by atomic mass is 16.5. The number of esters is 1. The van der Waals surface area contributed by atoms with Gasteiger partial charge >= 0.3 is 5.97 Å². The molecule has 2 aromatic carbocycles. The number of phenols is 1. The van der Waals surface area contributed by atoms with E-state index in [1.807, 2.05) is 24.3 Å². The molecule has 0 unspecified atom stereocenters. The number of benzene rings is 2. The Hall–Kier alpha value is -2.36. The maximum Gasteiger partial charge on any atom is 0.305 e. The number of rotatable bonds is 6. The van der Waals surface area contributed by atoms with Crippen LogP contribution in [0.3, 0.4) is 0 Å². The van der Waals surface area contributed by atoms with E-state index in [1.54, 1.807) is 19.1 Å². The van der Waals surface area contributed by atoms with Gasteiger partial charge in [0.25, 0.3) is 0 Å². The number of carbonyl (C=O) groups excluding carboxylic acids is 2. The number of carbonyl (C=O) groups is 2. The largest absolute Gasteiger partial charge is 0.507 e. The molecule has 110 valence electrons. The number of hydrogen-bond donors (Lipinski definition) is 1. The minimum Gasteiger partial charge on any atom is -0.507 e. The zero-order valence-electron chi connectivity index (χ0n) is 12.0. The van der Waals surface area contributed by atoms with Crippen molar-refractivity contribution in [3.8, 4) is 5.75 Å². The van der Waals surface area contributed by atoms with Crippen molar-refractivity contribution in [2.45, 2.75) is 26.2 Å². The van der Waals surface area contributed by atoms with Crippen molar-refractivity contribution in [1.82, 2.24) is 0 Å². The minimum atomic E-state index is -0.298. The topological polar surface area (TPSA) is 63.6 Å². The fourth-order valence-electron chi connectivity index (χ4n) is 2.24. The molecule has 0 heterocycles. The highest BCUT2D eigenvalue weighted by Gasteiger charge is 2.14. The summed E-state index contributed by atoms with van der Waals surface area (Å²) >= 11 is 0. The molecule has 21 heavy (non-hydrogen) atoms. The van der Waals surface area contributed by atoms with Crippen molar-refractivity contribution in [1.29, 1.82) is 0 Å². The Balaban J connectivity index is 2.06. The third kappa shape index (κ3) is 3.60. The third-order valence-electron chi connectivity index (χ3n) is 3.29. The second-order valence-electron chi connectivity index (χ2n) is 4.76. The van der Waals surface area contributed by atoms with Crippen molar-refractivity contribution in [3.63, 3.8) is 0 Å². The Morgan fingerprint density at radius 1 is 1.10 bits per heavy atom. The third-order valence-corrected chi connectivity index (χ3v) is 3.29. The van der Waals surface area contributed by atoms with Crippen LogP contribution in [0.15, 0.2) is 36.4 Å². The van der Waals surface area contributed by atoms with Crippen LogP contribution in [-0.4, -0.2) is 23.5 Å². The van der Waals surface area contributed by atoms with E-state index in [9.17, 15) is 14.7 Å². The quantitative estimate of drug-likeness (QED) is 0.652. The Labute approximate surface area is 123 Å². The first-order chi connectivity index (χ1) is 10.1. The van der Waals surface area contributed by atoms with Crippen LogP contribution in [0.5, 0.6) is 5.75 Å². The fourth-order valence-corrected chi connectivity index (χ4v) is 2.24. The number of aromatic hydroxyl groups is 1. The van der Waals surface area contributed by atoms with Crippen LogP contribution in [-0.2, 0) is 9.53 Å². The number of ketones is 1. The molecule has 0 aliphatic rings. The summed E-state index contributed by atoms with van der Waals surface area (Å²) in [5, 5.41) is 11.7. The van der Waals surface area contributed by atoms with Crippen molar-refractivity contribution in [3.05, 3.63) is 42.0 Å². The summed E-state index contributed by atoms with van der Waals surface area (Å²) in [6.45, 7) is 2.09. The molecule has 0 bridgehead atoms. The Kier molecular flexibility index (Phi) is 4.93. The molecular formula is C17H18O4. The van der Waals surface area contributed by atoms with Gasteiger partial charge in [0.1, 0.15) is 5.75 Å². The maximum absolute atomic E-state index is 12.1. The van der Waals surface area contributed by atoms with Gasteiger partial charge in [-0.2, -0.15) is 0 Å². The Morgan fingerprint density at radius 2 is 1.86 bits per heavy atom. The lowest BCUT2D eigenvalue weighted by molar-refractivity contribution is -0.143. The molecule has 1 N–H and O–H groups in total. The number of Topliss-reactive ketones (excluding diaryl/α,β-unsaturated/α-hetero) is 1. The van der Waals surface area contributed by atoms with Crippen LogP contribution in [0, 0.1) is 0 Å². The predicted molar refractivity (Wildman–Crippen MR) is 80.4 cm³/mol. The monoisotopic (exact) mass is 286 g/mol. The van der Waals surface area contributed by atoms with Crippen molar-refractivity contribution in [2.24, 2.45) is 0 Å². The first-order valence-electron chi connectivity index (χ1n) is 7.03. The molecule has 4 nitrogen and oxygen atoms in total. The molecule has 0 radical (unpaired) electrons. The summed E-state index contributed by atoms with van der Waals surface area (Å²) in [4.78, 5) is 23.4. The van der Waals surface area contributed by atoms with E-state index in [2.05, 4.69) is 0 Å². The Morgan fingerprint density at radius 3 is 2.62 bits per heavy atom. The zero-order valence-corrected chi connectivity index (χ0v) is 12.0. The van der Waals surface area contributed by atoms with Crippen LogP contribution < -0.4 is 0 Å². The molecule has 2 rings (SSSR count). The Bertz CT molecular complexity index is 661. The van der Waals surface area contributed by atoms with Gasteiger partial charge in [-0.05, 0) is 24.8 Å². The molecule has 0 saturated carbocycles. The lowest BCUT2D eigenvalue weighted by atomic mass is 10.00. The van der Waals surface area contributed by atoms with E-state index in [-0.39, 0.29) is 30.3 Å². The minimum absolute atomic E-state index is 0.00855. The van der Waals surface area contributed by atoms with Crippen molar-refractivity contribution >= 4 is 22.5 Å². The molecule has 0 spiro atoms. The van der Waals surface area contributed by atoms with E-state index in [0.717, 1.165) is 5.39 Å². The van der Waals surface area contributed by atoms with E-state index in [0.29, 0.717) is 24.0 Å². The van der Waals surface area contributed by atoms with E-state index < -0.39 is 0 Å². The summed E-state index contributed by atoms with van der Waals surface area (Å²) in [5.41, 5.74) is 0.303. The van der Waals surface area contributed by atoms with Gasteiger partial charge in [-0.1, -0.05) is 30.3 Å². The second kappa shape index (κ2) is 6.88. The average molecular weight is 286 g/mol. The van der Waals surface area contributed by atoms with Gasteiger partial charge in [0.15, 0.2) is 5.78 Å². The van der Waals surface area contributed by atoms with Crippen molar-refractivity contribution < 1.29 is 19.4 Å². The molecule has 2 aromatic rings. The summed E-state index contributed by atoms with van der Waals surface area (Å²) in [6.07, 6.45) is 0.850. The predicted octanol–water partition coefficient (Wildman–Crippen LogP) is 3.46. The molecule has 0 amide bonds. The van der Waals surface area contributed by atoms with Gasteiger partial charge < -0.3 is 9.84 Å². The van der Waals surface area contributed by atoms with Gasteiger partial charge in [0, 0.05) is 18.2 Å². The SMILES string of the molecule is CCOC(=O)CCCC(=O)c1ccc2ccccc2c1O. The lowest BCUT2D eigenvalue weighted by Crippen LogP contribution is -2.06. The summed E-state index contributed by atoms with van der Waals surface area (Å²) in [7, 11) is 0. The molecule has 0 atom stereocenters. The first-order valence-corrected chi connectivity index (χ1v) is 7.03. The van der Waals surface area contributed by atoms with Crippen LogP contribution in [0.25, 0.3) is 10.8 Å². The van der Waals surface area contributed by atoms with E-state index in [1.165, 1.54) is 0 Å². The smallest absolute Gasteiger partial charge is 0.305 e. The first kappa shape index (κ1) is 15.0. The number of fused-ring (bicyclic) bond motifs is 1. The molecule has 0 fully saturated rings. The zero-order chi connectivity index (χ0) is 15.2. The highest BCUT2D eigenvalue weighted by Crippen LogP contribution is 2.29. The summed E-state index contributed by atoms with van der Waals surface area (Å²) < 4.78 is 4.81. The number of ether oxygens (including phenoxy) is 1. The van der Waals surface area contributed by atoms with Crippen molar-refractivity contribution in [2.75, 3.05) is 6.61 Å². The number of hydrogen-bond acceptors (Lipinski definition) is 4. The number of phenolic OH excluding ortho intramolecular Hbond substituents is 1. The van der Waals surface area contributed by atoms with Crippen LogP contribution >= 0.6 is 0 Å². The summed E-state index contributed by atoms with van der Waals surface area (Å²) in [6, 6.07) is 10.8. The second-order valence-corrected chi connectivity index (χ2v) is 4.76. The lowest BCUT2D eigenvalue weighted by Gasteiger charge is -2.07. The molecule has 0 saturated heterocycles. The van der Waals surface area contributed by atoms with Gasteiger partial charge in [0.05, 0.1) is 12.2 Å². The van der Waals surface area contributed by atoms with Gasteiger partial charge in [-0.25, -0.2) is 0 Å². The normalized spacial score (nSPS) is 10.5. The van der Waals surface area contributed by atoms with Gasteiger partial charge in [-0.15, -0.1) is 0 Å². The van der Waals surface area contributed by atoms with Crippen LogP contribution in [0.1, 0.15) is 36.5 Å². The maximum atomic E-state index is 12.1. The molecule has 0 aliphatic heterocycles.